The standard InChI is InChI=1S/C66H75Cl2N9O24.C2H8N2/c1-23(2)12-34(71-5)58(88)76-49-51(83)26-7-10-38(32(67)14-26)97-40-16-28-17-41(55(40)101-65-56(54(86)53(85)42(22-78)99-65)100-44-21-66(4,70)57(87)24(3)96-44)98-39-11-8-27(15-33(39)68)52(84)50-63(93)75-48(64(94)95)31-18-29(79)19-37(81)45(31)30-13-25(6-9-36(30)80)46(60(90)77-50)74-61(91)47(28)73-59(89)35(20-43(69)82)72-62(49)92;1-2(3)4/h6-11,13-19,23-24,34-35,42,44,46-54,56-57,65,71,78-81,83-87H,12,20-22,70H2,1-5H3,(H2,69,82)(H,72,92)(H,73,89)(H,74,91)(H,75,93)(H,76,88)(H,77,90)(H,94,95);2H,3-4H2,1H3/t24-,34+,35-,42+,44-,46+,47+,48+,49+,50-,51+,52+,53+,54-,56+,57?,65-,66-;/m0./s1. The number of primary amides is 1. The number of hydrogen-bond acceptors (Lipinski definition) is 27. The number of halogens is 2. The number of carbonyl (C=O) groups is 8. The van der Waals surface area contributed by atoms with Gasteiger partial charge in [0.25, 0.3) is 0 Å². The van der Waals surface area contributed by atoms with Crippen LogP contribution in [0.3, 0.4) is 0 Å². The zero-order valence-electron chi connectivity index (χ0n) is 57.1. The van der Waals surface area contributed by atoms with Crippen molar-refractivity contribution in [2.45, 2.75) is 169 Å². The molecule has 5 aromatic carbocycles. The molecule has 7 heterocycles. The van der Waals surface area contributed by atoms with Gasteiger partial charge in [-0.2, -0.15) is 0 Å². The van der Waals surface area contributed by atoms with Crippen LogP contribution in [-0.2, 0) is 52.6 Å². The van der Waals surface area contributed by atoms with E-state index in [1.807, 2.05) is 13.8 Å². The van der Waals surface area contributed by atoms with E-state index in [9.17, 15) is 75.0 Å². The number of phenols is 3. The maximum Gasteiger partial charge on any atom is 0.330 e. The number of likely N-dealkylation sites (N-methyl/N-ethyl adjacent to an activating group) is 1. The molecule has 25 N–H and O–H groups in total. The quantitative estimate of drug-likeness (QED) is 0.0652. The fourth-order valence-corrected chi connectivity index (χ4v) is 12.9. The number of aromatic hydroxyl groups is 3. The van der Waals surface area contributed by atoms with Crippen LogP contribution >= 0.6 is 23.2 Å². The molecule has 1 unspecified atom stereocenters. The number of ether oxygens (including phenoxy) is 6. The molecule has 7 amide bonds. The largest absolute Gasteiger partial charge is 0.508 e. The maximum absolute atomic E-state index is 16.0. The zero-order chi connectivity index (χ0) is 77.1. The summed E-state index contributed by atoms with van der Waals surface area (Å²) in [6.45, 7) is 7.38. The predicted octanol–water partition coefficient (Wildman–Crippen LogP) is -0.644. The van der Waals surface area contributed by atoms with Gasteiger partial charge in [-0.05, 0) is 117 Å². The molecule has 0 aliphatic carbocycles. The van der Waals surface area contributed by atoms with E-state index in [1.165, 1.54) is 33.0 Å². The van der Waals surface area contributed by atoms with Gasteiger partial charge in [-0.3, -0.25) is 33.6 Å². The second-order valence-electron chi connectivity index (χ2n) is 26.6. The number of carbonyl (C=O) groups excluding carboxylic acids is 7. The highest BCUT2D eigenvalue weighted by Crippen LogP contribution is 2.50. The van der Waals surface area contributed by atoms with Crippen molar-refractivity contribution < 1.29 is 118 Å². The topological polar surface area (TPSA) is 583 Å². The molecule has 105 heavy (non-hydrogen) atoms. The fraction of sp³-hybridized carbons (Fsp3) is 0.441. The highest BCUT2D eigenvalue weighted by Gasteiger charge is 2.51. The number of benzene rings is 5. The molecular weight excluding hydrogens is 1430 g/mol. The van der Waals surface area contributed by atoms with Crippen LogP contribution < -0.4 is 74.4 Å². The average molecular weight is 1510 g/mol. The normalized spacial score (nSPS) is 28.7. The lowest BCUT2D eigenvalue weighted by molar-refractivity contribution is -0.333. The second kappa shape index (κ2) is 33.0. The number of aliphatic hydroxyl groups is 6. The van der Waals surface area contributed by atoms with Crippen LogP contribution in [0.2, 0.25) is 10.0 Å². The lowest BCUT2D eigenvalue weighted by Gasteiger charge is -2.47. The fourth-order valence-electron chi connectivity index (χ4n) is 12.5. The van der Waals surface area contributed by atoms with E-state index in [0.717, 1.165) is 66.7 Å². The van der Waals surface area contributed by atoms with Gasteiger partial charge in [0.2, 0.25) is 53.4 Å². The number of aliphatic carboxylic acids is 1. The van der Waals surface area contributed by atoms with Crippen molar-refractivity contribution in [3.63, 3.8) is 0 Å². The SMILES string of the molecule is CC(N)N.CN[C@H](CC(C)C)C(=O)N[C@H]1C(=O)N[C@@H](CC(N)=O)C(=O)N[C@H]2C(=O)N[C@H]3C(=O)N[C@H](C(=O)N[C@@H](C(=O)O)c4cc(O)cc(O)c4-c4cc3ccc4O)[C@H](O)c3ccc(c(Cl)c3)Oc3cc2cc(c3O[C@@H]2O[C@H](CO)[C@@H](O)[C@H](O)[C@H]2O[C@H]2C[C@](C)(N)C(O)[C@H](C)O2)Oc2ccc(cc2Cl)[C@H]1O. The maximum atomic E-state index is 16.0. The summed E-state index contributed by atoms with van der Waals surface area (Å²) >= 11 is 14.1. The minimum Gasteiger partial charge on any atom is -0.508 e. The highest BCUT2D eigenvalue weighted by molar-refractivity contribution is 6.32. The molecule has 0 spiro atoms. The van der Waals surface area contributed by atoms with Gasteiger partial charge in [-0.15, -0.1) is 0 Å². The Morgan fingerprint density at radius 2 is 1.29 bits per heavy atom. The van der Waals surface area contributed by atoms with Gasteiger partial charge in [-0.25, -0.2) is 4.79 Å². The number of amides is 7. The van der Waals surface area contributed by atoms with Crippen molar-refractivity contribution in [2.75, 3.05) is 13.7 Å². The number of nitrogens with two attached hydrogens (primary N) is 4. The summed E-state index contributed by atoms with van der Waals surface area (Å²) in [6.07, 6.45) is -18.7. The van der Waals surface area contributed by atoms with Crippen molar-refractivity contribution in [3.8, 4) is 57.1 Å². The van der Waals surface area contributed by atoms with E-state index in [-0.39, 0.29) is 52.4 Å². The first-order valence-corrected chi connectivity index (χ1v) is 33.6. The molecule has 2 saturated heterocycles. The van der Waals surface area contributed by atoms with Crippen molar-refractivity contribution in [1.29, 1.82) is 0 Å². The van der Waals surface area contributed by atoms with Crippen LogP contribution in [0.4, 0.5) is 0 Å². The first-order valence-electron chi connectivity index (χ1n) is 32.9. The van der Waals surface area contributed by atoms with Gasteiger partial charge in [0.1, 0.15) is 89.5 Å². The van der Waals surface area contributed by atoms with Crippen molar-refractivity contribution >= 4 is 70.5 Å². The molecule has 35 nitrogen and oxygen atoms in total. The minimum absolute atomic E-state index is 0.0975. The van der Waals surface area contributed by atoms with Crippen LogP contribution in [0.5, 0.6) is 46.0 Å². The van der Waals surface area contributed by atoms with E-state index in [0.29, 0.717) is 0 Å². The Morgan fingerprint density at radius 3 is 1.85 bits per heavy atom. The van der Waals surface area contributed by atoms with Gasteiger partial charge in [0, 0.05) is 40.9 Å². The predicted molar refractivity (Wildman–Crippen MR) is 367 cm³/mol. The monoisotopic (exact) mass is 1510 g/mol. The number of carboxylic acid groups (broad SMARTS) is 1. The van der Waals surface area contributed by atoms with Gasteiger partial charge < -0.3 is 140 Å². The van der Waals surface area contributed by atoms with E-state index in [1.54, 1.807) is 6.92 Å². The van der Waals surface area contributed by atoms with E-state index < -0.39 is 237 Å². The van der Waals surface area contributed by atoms with Crippen molar-refractivity contribution in [1.82, 2.24) is 37.2 Å². The molecular formula is C68H83Cl2N11O24. The van der Waals surface area contributed by atoms with Crippen molar-refractivity contribution in [2.24, 2.45) is 28.9 Å². The number of rotatable bonds is 13. The molecule has 11 bridgehead atoms. The molecule has 7 aliphatic heterocycles. The number of aliphatic hydroxyl groups excluding tert-OH is 6. The Labute approximate surface area is 608 Å². The number of hydrogen-bond donors (Lipinski definition) is 21. The third kappa shape index (κ3) is 18.0. The number of fused-ring (bicyclic) bond motifs is 15. The van der Waals surface area contributed by atoms with Gasteiger partial charge >= 0.3 is 5.97 Å². The first kappa shape index (κ1) is 79.8. The highest BCUT2D eigenvalue weighted by atomic mass is 35.5. The van der Waals surface area contributed by atoms with Gasteiger partial charge in [0.15, 0.2) is 29.9 Å². The summed E-state index contributed by atoms with van der Waals surface area (Å²) in [5.74, 6) is -16.0. The third-order valence-corrected chi connectivity index (χ3v) is 18.4. The molecule has 2 fully saturated rings. The van der Waals surface area contributed by atoms with E-state index >= 15 is 14.4 Å². The summed E-state index contributed by atoms with van der Waals surface area (Å²) in [6, 6.07) is -0.679. The van der Waals surface area contributed by atoms with Gasteiger partial charge in [0.05, 0.1) is 41.3 Å². The summed E-state index contributed by atoms with van der Waals surface area (Å²) in [5.41, 5.74) is 17.8. The molecule has 5 aromatic rings. The van der Waals surface area contributed by atoms with Crippen LogP contribution in [-0.4, -0.2) is 197 Å². The molecule has 12 rings (SSSR count). The minimum atomic E-state index is -2.35. The van der Waals surface area contributed by atoms with E-state index in [2.05, 4.69) is 37.2 Å². The molecule has 0 radical (unpaired) electrons. The molecule has 568 valence electrons. The number of carboxylic acids is 1. The van der Waals surface area contributed by atoms with Crippen molar-refractivity contribution in [3.05, 3.63) is 117 Å². The Bertz CT molecular complexity index is 4130. The second-order valence-corrected chi connectivity index (χ2v) is 27.4. The van der Waals surface area contributed by atoms with E-state index in [4.69, 9.17) is 74.6 Å². The Balaban J connectivity index is 0.00000311. The Kier molecular flexibility index (Phi) is 25.1. The molecule has 0 saturated carbocycles. The molecule has 37 heteroatoms. The zero-order valence-corrected chi connectivity index (χ0v) is 58.6. The number of phenolic OH excluding ortho intramolecular Hbond substituents is 3. The summed E-state index contributed by atoms with van der Waals surface area (Å²) in [7, 11) is 1.47. The summed E-state index contributed by atoms with van der Waals surface area (Å²) < 4.78 is 38.3. The van der Waals surface area contributed by atoms with Crippen LogP contribution in [0.1, 0.15) is 112 Å². The Hall–Kier alpha value is -9.28. The average Bonchev–Trinajstić information content (AvgIpc) is 0.773. The van der Waals surface area contributed by atoms with Crippen LogP contribution in [0.15, 0.2) is 78.9 Å². The first-order chi connectivity index (χ1) is 49.4. The molecule has 7 aliphatic rings. The third-order valence-electron chi connectivity index (χ3n) is 17.8. The lowest BCUT2D eigenvalue weighted by Crippen LogP contribution is -2.64. The molecule has 18 atom stereocenters. The van der Waals surface area contributed by atoms with Crippen LogP contribution in [0.25, 0.3) is 11.1 Å². The van der Waals surface area contributed by atoms with Gasteiger partial charge in [-0.1, -0.05) is 55.2 Å². The lowest BCUT2D eigenvalue weighted by atomic mass is 9.86. The molecule has 0 aromatic heterocycles. The summed E-state index contributed by atoms with van der Waals surface area (Å²) in [4.78, 5) is 117. The smallest absolute Gasteiger partial charge is 0.330 e. The van der Waals surface area contributed by atoms with Crippen LogP contribution in [0, 0.1) is 5.92 Å². The summed E-state index contributed by atoms with van der Waals surface area (Å²) in [5, 5.41) is 131. The number of nitrogens with one attached hydrogen (secondary N) is 7. The Morgan fingerprint density at radius 1 is 0.705 bits per heavy atom.